The van der Waals surface area contributed by atoms with Gasteiger partial charge in [-0.1, -0.05) is 0 Å². The summed E-state index contributed by atoms with van der Waals surface area (Å²) in [6.07, 6.45) is 0. The second-order valence-corrected chi connectivity index (χ2v) is 7.33. The first-order valence-electron chi connectivity index (χ1n) is 6.30. The molecular formula is C13H16FNO5S. The van der Waals surface area contributed by atoms with Crippen molar-refractivity contribution in [1.82, 2.24) is 4.31 Å². The number of aromatic carboxylic acids is 1. The zero-order chi connectivity index (χ0) is 15.8. The van der Waals surface area contributed by atoms with Crippen LogP contribution in [0.25, 0.3) is 0 Å². The molecule has 1 aliphatic heterocycles. The molecule has 1 aromatic rings. The summed E-state index contributed by atoms with van der Waals surface area (Å²) in [5, 5.41) is 8.88. The highest BCUT2D eigenvalue weighted by Gasteiger charge is 2.35. The molecule has 0 radical (unpaired) electrons. The number of sulfonamides is 1. The predicted molar refractivity (Wildman–Crippen MR) is 72.1 cm³/mol. The van der Waals surface area contributed by atoms with Crippen LogP contribution in [0, 0.1) is 5.82 Å². The molecule has 0 aliphatic carbocycles. The fourth-order valence-corrected chi connectivity index (χ4v) is 3.76. The van der Waals surface area contributed by atoms with Gasteiger partial charge in [0.15, 0.2) is 0 Å². The Kier molecular flexibility index (Phi) is 4.05. The van der Waals surface area contributed by atoms with E-state index in [1.807, 2.05) is 0 Å². The third-order valence-corrected chi connectivity index (χ3v) is 5.04. The van der Waals surface area contributed by atoms with Crippen molar-refractivity contribution in [3.8, 4) is 0 Å². The molecule has 1 N–H and O–H groups in total. The third-order valence-electron chi connectivity index (χ3n) is 3.20. The fraction of sp³-hybridized carbons (Fsp3) is 0.462. The maximum atomic E-state index is 13.4. The number of nitrogens with zero attached hydrogens (tertiary/aromatic N) is 1. The second-order valence-electron chi connectivity index (χ2n) is 5.39. The first-order valence-corrected chi connectivity index (χ1v) is 7.74. The molecule has 116 valence electrons. The van der Waals surface area contributed by atoms with Crippen LogP contribution in [0.3, 0.4) is 0 Å². The van der Waals surface area contributed by atoms with E-state index in [2.05, 4.69) is 0 Å². The van der Waals surface area contributed by atoms with E-state index in [-0.39, 0.29) is 24.6 Å². The van der Waals surface area contributed by atoms with E-state index in [9.17, 15) is 17.6 Å². The Hall–Kier alpha value is -1.51. The first-order chi connectivity index (χ1) is 9.63. The van der Waals surface area contributed by atoms with E-state index >= 15 is 0 Å². The van der Waals surface area contributed by atoms with Crippen LogP contribution in [-0.4, -0.2) is 49.1 Å². The zero-order valence-corrected chi connectivity index (χ0v) is 12.5. The molecular weight excluding hydrogens is 301 g/mol. The van der Waals surface area contributed by atoms with Gasteiger partial charge in [0, 0.05) is 13.1 Å². The lowest BCUT2D eigenvalue weighted by molar-refractivity contribution is -0.0640. The molecule has 1 fully saturated rings. The highest BCUT2D eigenvalue weighted by Crippen LogP contribution is 2.24. The summed E-state index contributed by atoms with van der Waals surface area (Å²) in [6.45, 7) is 4.10. The molecule has 2 rings (SSSR count). The SMILES string of the molecule is CC1(C)CN(S(=O)(=O)c2ccc(F)c(C(=O)O)c2)CCO1. The van der Waals surface area contributed by atoms with Crippen molar-refractivity contribution in [2.75, 3.05) is 19.7 Å². The quantitative estimate of drug-likeness (QED) is 0.909. The monoisotopic (exact) mass is 317 g/mol. The second kappa shape index (κ2) is 5.36. The summed E-state index contributed by atoms with van der Waals surface area (Å²) in [5.41, 5.74) is -1.29. The standard InChI is InChI=1S/C13H16FNO5S/c1-13(2)8-15(5-6-20-13)21(18,19)9-3-4-11(14)10(7-9)12(16)17/h3-4,7H,5-6,8H2,1-2H3,(H,16,17). The van der Waals surface area contributed by atoms with Gasteiger partial charge in [-0.25, -0.2) is 17.6 Å². The molecule has 0 unspecified atom stereocenters. The molecule has 21 heavy (non-hydrogen) atoms. The molecule has 0 atom stereocenters. The first kappa shape index (κ1) is 15.9. The molecule has 1 aliphatic rings. The van der Waals surface area contributed by atoms with Crippen LogP contribution in [0.4, 0.5) is 4.39 Å². The number of carboxylic acid groups (broad SMARTS) is 1. The smallest absolute Gasteiger partial charge is 0.338 e. The van der Waals surface area contributed by atoms with Crippen molar-refractivity contribution in [3.05, 3.63) is 29.6 Å². The average Bonchev–Trinajstić information content (AvgIpc) is 2.37. The number of carbonyl (C=O) groups is 1. The number of hydrogen-bond acceptors (Lipinski definition) is 4. The number of halogens is 1. The Balaban J connectivity index is 2.40. The molecule has 0 aromatic heterocycles. The minimum atomic E-state index is -3.88. The molecule has 1 heterocycles. The van der Waals surface area contributed by atoms with Crippen LogP contribution in [0.1, 0.15) is 24.2 Å². The zero-order valence-electron chi connectivity index (χ0n) is 11.7. The summed E-state index contributed by atoms with van der Waals surface area (Å²) in [6, 6.07) is 2.76. The normalized spacial score (nSPS) is 19.4. The minimum Gasteiger partial charge on any atom is -0.478 e. The maximum absolute atomic E-state index is 13.4. The van der Waals surface area contributed by atoms with E-state index in [1.165, 1.54) is 4.31 Å². The van der Waals surface area contributed by atoms with E-state index in [1.54, 1.807) is 13.8 Å². The van der Waals surface area contributed by atoms with Crippen LogP contribution in [-0.2, 0) is 14.8 Å². The summed E-state index contributed by atoms with van der Waals surface area (Å²) < 4.78 is 45.1. The summed E-state index contributed by atoms with van der Waals surface area (Å²) in [7, 11) is -3.88. The lowest BCUT2D eigenvalue weighted by Crippen LogP contribution is -2.50. The molecule has 1 saturated heterocycles. The maximum Gasteiger partial charge on any atom is 0.338 e. The van der Waals surface area contributed by atoms with E-state index < -0.39 is 33.0 Å². The number of benzene rings is 1. The molecule has 8 heteroatoms. The molecule has 0 saturated carbocycles. The summed E-state index contributed by atoms with van der Waals surface area (Å²) >= 11 is 0. The average molecular weight is 317 g/mol. The van der Waals surface area contributed by atoms with Gasteiger partial charge in [-0.3, -0.25) is 0 Å². The van der Waals surface area contributed by atoms with Crippen LogP contribution < -0.4 is 0 Å². The Morgan fingerprint density at radius 2 is 2.10 bits per heavy atom. The topological polar surface area (TPSA) is 83.9 Å². The van der Waals surface area contributed by atoms with Gasteiger partial charge in [0.1, 0.15) is 5.82 Å². The molecule has 0 amide bonds. The van der Waals surface area contributed by atoms with Crippen LogP contribution in [0.2, 0.25) is 0 Å². The van der Waals surface area contributed by atoms with Crippen molar-refractivity contribution in [1.29, 1.82) is 0 Å². The lowest BCUT2D eigenvalue weighted by Gasteiger charge is -2.37. The molecule has 1 aromatic carbocycles. The van der Waals surface area contributed by atoms with Crippen LogP contribution >= 0.6 is 0 Å². The van der Waals surface area contributed by atoms with Gasteiger partial charge in [0.25, 0.3) is 0 Å². The summed E-state index contributed by atoms with van der Waals surface area (Å²) in [5.74, 6) is -2.48. The van der Waals surface area contributed by atoms with Crippen molar-refractivity contribution >= 4 is 16.0 Å². The Bertz CT molecular complexity index is 671. The summed E-state index contributed by atoms with van der Waals surface area (Å²) in [4.78, 5) is 10.7. The number of morpholine rings is 1. The van der Waals surface area contributed by atoms with Gasteiger partial charge in [-0.2, -0.15) is 4.31 Å². The third kappa shape index (κ3) is 3.22. The number of rotatable bonds is 3. The highest BCUT2D eigenvalue weighted by molar-refractivity contribution is 7.89. The van der Waals surface area contributed by atoms with Gasteiger partial charge >= 0.3 is 5.97 Å². The number of hydrogen-bond donors (Lipinski definition) is 1. The van der Waals surface area contributed by atoms with Crippen molar-refractivity contribution < 1.29 is 27.4 Å². The van der Waals surface area contributed by atoms with Gasteiger partial charge in [-0.15, -0.1) is 0 Å². The Labute approximate surface area is 122 Å². The van der Waals surface area contributed by atoms with Gasteiger partial charge in [0.2, 0.25) is 10.0 Å². The van der Waals surface area contributed by atoms with Crippen LogP contribution in [0.15, 0.2) is 23.1 Å². The predicted octanol–water partition coefficient (Wildman–Crippen LogP) is 1.32. The van der Waals surface area contributed by atoms with Crippen molar-refractivity contribution in [3.63, 3.8) is 0 Å². The highest BCUT2D eigenvalue weighted by atomic mass is 32.2. The fourth-order valence-electron chi connectivity index (χ4n) is 2.16. The minimum absolute atomic E-state index is 0.148. The van der Waals surface area contributed by atoms with Gasteiger partial charge < -0.3 is 9.84 Å². The number of carboxylic acids is 1. The van der Waals surface area contributed by atoms with E-state index in [0.717, 1.165) is 18.2 Å². The van der Waals surface area contributed by atoms with Gasteiger partial charge in [-0.05, 0) is 32.0 Å². The van der Waals surface area contributed by atoms with Crippen molar-refractivity contribution in [2.45, 2.75) is 24.3 Å². The number of ether oxygens (including phenoxy) is 1. The van der Waals surface area contributed by atoms with Crippen molar-refractivity contribution in [2.24, 2.45) is 0 Å². The lowest BCUT2D eigenvalue weighted by atomic mass is 10.1. The van der Waals surface area contributed by atoms with E-state index in [4.69, 9.17) is 9.84 Å². The van der Waals surface area contributed by atoms with E-state index in [0.29, 0.717) is 0 Å². The molecule has 0 spiro atoms. The van der Waals surface area contributed by atoms with Gasteiger partial charge in [0.05, 0.1) is 22.7 Å². The Morgan fingerprint density at radius 3 is 2.67 bits per heavy atom. The molecule has 6 nitrogen and oxygen atoms in total. The Morgan fingerprint density at radius 1 is 1.43 bits per heavy atom. The largest absolute Gasteiger partial charge is 0.478 e. The van der Waals surface area contributed by atoms with Crippen LogP contribution in [0.5, 0.6) is 0 Å². The molecule has 0 bridgehead atoms.